The van der Waals surface area contributed by atoms with Crippen LogP contribution >= 0.6 is 0 Å². The fourth-order valence-corrected chi connectivity index (χ4v) is 4.56. The van der Waals surface area contributed by atoms with Gasteiger partial charge in [-0.2, -0.15) is 14.9 Å². The third-order valence-corrected chi connectivity index (χ3v) is 5.85. The van der Waals surface area contributed by atoms with E-state index in [-0.39, 0.29) is 6.15 Å². The van der Waals surface area contributed by atoms with E-state index in [1.807, 2.05) is 18.3 Å². The highest BCUT2D eigenvalue weighted by Gasteiger charge is 2.40. The highest BCUT2D eigenvalue weighted by Crippen LogP contribution is 2.37. The van der Waals surface area contributed by atoms with Crippen LogP contribution in [-0.2, 0) is 9.59 Å². The minimum absolute atomic E-state index is 0.250. The standard InChI is InChI=1S/C21H27N7.CO2/c1-3-6-28-17-4-5-18(28)8-15(7-17)26-19-9-20(24-11-14(19)2)27-21-13-23-16(10-22)12-25-21;2-1-3/h9,11-13,15,17-18H,3-8H2,1-2H3,(H2,24,25,26,27);. The topological polar surface area (TPSA) is 124 Å². The third kappa shape index (κ3) is 5.63. The number of aryl methyl sites for hydroxylation is 1. The molecule has 0 aromatic carbocycles. The molecule has 4 heterocycles. The van der Waals surface area contributed by atoms with Crippen LogP contribution in [-0.4, -0.2) is 50.7 Å². The average molecular weight is 422 g/mol. The summed E-state index contributed by atoms with van der Waals surface area (Å²) in [7, 11) is 0. The number of carbonyl (C=O) groups excluding carboxylic acids is 2. The Labute approximate surface area is 181 Å². The Kier molecular flexibility index (Phi) is 7.65. The molecule has 2 aromatic heterocycles. The van der Waals surface area contributed by atoms with E-state index >= 15 is 0 Å². The maximum absolute atomic E-state index is 8.83. The maximum Gasteiger partial charge on any atom is 0.373 e. The van der Waals surface area contributed by atoms with Crippen molar-refractivity contribution < 1.29 is 9.59 Å². The Bertz CT molecular complexity index is 937. The summed E-state index contributed by atoms with van der Waals surface area (Å²) in [5.74, 6) is 1.30. The predicted molar refractivity (Wildman–Crippen MR) is 114 cm³/mol. The first-order valence-corrected chi connectivity index (χ1v) is 10.5. The molecule has 0 spiro atoms. The fraction of sp³-hybridized carbons (Fsp3) is 0.500. The number of fused-ring (bicyclic) bond motifs is 2. The maximum atomic E-state index is 8.83. The van der Waals surface area contributed by atoms with Gasteiger partial charge >= 0.3 is 6.15 Å². The van der Waals surface area contributed by atoms with E-state index < -0.39 is 0 Å². The Balaban J connectivity index is 0.000000858. The lowest BCUT2D eigenvalue weighted by Gasteiger charge is -2.39. The molecular weight excluding hydrogens is 394 g/mol. The van der Waals surface area contributed by atoms with Gasteiger partial charge in [0.1, 0.15) is 17.7 Å². The van der Waals surface area contributed by atoms with Gasteiger partial charge in [0.15, 0.2) is 5.69 Å². The van der Waals surface area contributed by atoms with Gasteiger partial charge in [-0.05, 0) is 51.1 Å². The van der Waals surface area contributed by atoms with Crippen LogP contribution in [0.3, 0.4) is 0 Å². The number of piperidine rings is 1. The molecule has 2 N–H and O–H groups in total. The van der Waals surface area contributed by atoms with Gasteiger partial charge in [0.05, 0.1) is 12.4 Å². The SMILES string of the molecule is CCCN1C2CCC1CC(Nc1cc(Nc3cnc(C#N)cn3)ncc1C)C2.O=C=O. The van der Waals surface area contributed by atoms with E-state index in [0.717, 1.165) is 29.2 Å². The molecule has 2 fully saturated rings. The zero-order chi connectivity index (χ0) is 22.2. The van der Waals surface area contributed by atoms with Crippen LogP contribution in [0, 0.1) is 18.3 Å². The second-order valence-electron chi connectivity index (χ2n) is 7.93. The van der Waals surface area contributed by atoms with Crippen LogP contribution in [0.15, 0.2) is 24.7 Å². The first kappa shape index (κ1) is 22.3. The number of nitrogens with one attached hydrogen (secondary N) is 2. The summed E-state index contributed by atoms with van der Waals surface area (Å²) in [6.07, 6.45) is 11.5. The second-order valence-corrected chi connectivity index (χ2v) is 7.93. The smallest absolute Gasteiger partial charge is 0.373 e. The number of anilines is 3. The molecule has 2 saturated heterocycles. The Hall–Kier alpha value is -3.34. The van der Waals surface area contributed by atoms with Crippen molar-refractivity contribution >= 4 is 23.5 Å². The molecule has 9 heteroatoms. The third-order valence-electron chi connectivity index (χ3n) is 5.85. The number of aromatic nitrogens is 3. The largest absolute Gasteiger partial charge is 0.382 e. The Morgan fingerprint density at radius 2 is 1.77 bits per heavy atom. The van der Waals surface area contributed by atoms with Crippen molar-refractivity contribution in [2.45, 2.75) is 64.1 Å². The molecular formula is C22H27N7O2. The number of pyridine rings is 1. The number of nitrogens with zero attached hydrogens (tertiary/aromatic N) is 5. The molecule has 2 bridgehead atoms. The van der Waals surface area contributed by atoms with Crippen molar-refractivity contribution in [1.29, 1.82) is 5.26 Å². The summed E-state index contributed by atoms with van der Waals surface area (Å²) >= 11 is 0. The Morgan fingerprint density at radius 3 is 2.35 bits per heavy atom. The molecule has 2 aromatic rings. The Morgan fingerprint density at radius 1 is 1.10 bits per heavy atom. The number of hydrogen-bond acceptors (Lipinski definition) is 9. The van der Waals surface area contributed by atoms with Crippen LogP contribution in [0.1, 0.15) is 50.3 Å². The summed E-state index contributed by atoms with van der Waals surface area (Å²) in [5, 5.41) is 15.8. The van der Waals surface area contributed by atoms with E-state index in [9.17, 15) is 0 Å². The minimum atomic E-state index is 0.250. The number of hydrogen-bond donors (Lipinski definition) is 2. The quantitative estimate of drug-likeness (QED) is 0.724. The molecule has 0 radical (unpaired) electrons. The lowest BCUT2D eigenvalue weighted by molar-refractivity contribution is -0.191. The summed E-state index contributed by atoms with van der Waals surface area (Å²) in [5.41, 5.74) is 2.56. The van der Waals surface area contributed by atoms with Gasteiger partial charge in [-0.3, -0.25) is 4.90 Å². The van der Waals surface area contributed by atoms with E-state index in [2.05, 4.69) is 44.3 Å². The molecule has 0 amide bonds. The highest BCUT2D eigenvalue weighted by atomic mass is 16.2. The van der Waals surface area contributed by atoms with E-state index in [4.69, 9.17) is 14.9 Å². The lowest BCUT2D eigenvalue weighted by Crippen LogP contribution is -2.47. The zero-order valence-electron chi connectivity index (χ0n) is 17.8. The molecule has 4 rings (SSSR count). The van der Waals surface area contributed by atoms with Gasteiger partial charge in [0.2, 0.25) is 0 Å². The van der Waals surface area contributed by atoms with E-state index in [1.54, 1.807) is 6.20 Å². The molecule has 0 aliphatic carbocycles. The molecule has 2 aliphatic heterocycles. The lowest BCUT2D eigenvalue weighted by atomic mass is 9.96. The highest BCUT2D eigenvalue weighted by molar-refractivity contribution is 5.61. The summed E-state index contributed by atoms with van der Waals surface area (Å²) in [4.78, 5) is 31.7. The molecule has 31 heavy (non-hydrogen) atoms. The predicted octanol–water partition coefficient (Wildman–Crippen LogP) is 3.03. The zero-order valence-corrected chi connectivity index (χ0v) is 17.8. The van der Waals surface area contributed by atoms with Crippen molar-refractivity contribution in [3.63, 3.8) is 0 Å². The van der Waals surface area contributed by atoms with Gasteiger partial charge in [0, 0.05) is 36.1 Å². The van der Waals surface area contributed by atoms with Crippen LogP contribution in [0.4, 0.5) is 17.3 Å². The number of rotatable bonds is 6. The second kappa shape index (κ2) is 10.6. The van der Waals surface area contributed by atoms with E-state index in [1.165, 1.54) is 44.8 Å². The van der Waals surface area contributed by atoms with Crippen LogP contribution in [0.2, 0.25) is 0 Å². The summed E-state index contributed by atoms with van der Waals surface area (Å²) in [6.45, 7) is 5.59. The average Bonchev–Trinajstić information content (AvgIpc) is 3.00. The normalized spacial score (nSPS) is 21.9. The van der Waals surface area contributed by atoms with Crippen LogP contribution < -0.4 is 10.6 Å². The van der Waals surface area contributed by atoms with Crippen LogP contribution in [0.5, 0.6) is 0 Å². The van der Waals surface area contributed by atoms with Crippen molar-refractivity contribution in [3.8, 4) is 6.07 Å². The van der Waals surface area contributed by atoms with Gasteiger partial charge < -0.3 is 10.6 Å². The molecule has 0 saturated carbocycles. The fourth-order valence-electron chi connectivity index (χ4n) is 4.56. The van der Waals surface area contributed by atoms with Crippen molar-refractivity contribution in [3.05, 3.63) is 35.9 Å². The molecule has 162 valence electrons. The monoisotopic (exact) mass is 421 g/mol. The molecule has 2 unspecified atom stereocenters. The van der Waals surface area contributed by atoms with Gasteiger partial charge in [0.25, 0.3) is 0 Å². The van der Waals surface area contributed by atoms with Gasteiger partial charge in [-0.15, -0.1) is 0 Å². The molecule has 2 aliphatic rings. The minimum Gasteiger partial charge on any atom is -0.382 e. The summed E-state index contributed by atoms with van der Waals surface area (Å²) in [6, 6.07) is 5.97. The first-order chi connectivity index (χ1) is 15.1. The van der Waals surface area contributed by atoms with Gasteiger partial charge in [-0.1, -0.05) is 6.92 Å². The molecule has 2 atom stereocenters. The van der Waals surface area contributed by atoms with Crippen LogP contribution in [0.25, 0.3) is 0 Å². The first-order valence-electron chi connectivity index (χ1n) is 10.5. The van der Waals surface area contributed by atoms with Crippen molar-refractivity contribution in [2.24, 2.45) is 0 Å². The summed E-state index contributed by atoms with van der Waals surface area (Å²) < 4.78 is 0. The van der Waals surface area contributed by atoms with Crippen molar-refractivity contribution in [2.75, 3.05) is 17.2 Å². The number of nitriles is 1. The van der Waals surface area contributed by atoms with Crippen molar-refractivity contribution in [1.82, 2.24) is 19.9 Å². The molecule has 9 nitrogen and oxygen atoms in total. The van der Waals surface area contributed by atoms with E-state index in [0.29, 0.717) is 17.6 Å². The van der Waals surface area contributed by atoms with Gasteiger partial charge in [-0.25, -0.2) is 15.0 Å².